The molecule has 0 aromatic heterocycles. The Balaban J connectivity index is 1.99. The summed E-state index contributed by atoms with van der Waals surface area (Å²) >= 11 is 13.1. The normalized spacial score (nSPS) is 10.6. The highest BCUT2D eigenvalue weighted by atomic mass is 35.5. The standard InChI is InChI=1S/C14H11Cl2FS/c15-8-10-1-4-12(5-2-10)18-9-11-3-6-14(17)13(16)7-11/h1-7H,8-9H2. The van der Waals surface area contributed by atoms with E-state index in [2.05, 4.69) is 0 Å². The number of hydrogen-bond donors (Lipinski definition) is 0. The summed E-state index contributed by atoms with van der Waals surface area (Å²) in [6.45, 7) is 0. The Labute approximate surface area is 120 Å². The molecule has 0 aliphatic carbocycles. The summed E-state index contributed by atoms with van der Waals surface area (Å²) in [5.41, 5.74) is 2.11. The van der Waals surface area contributed by atoms with E-state index in [1.54, 1.807) is 23.9 Å². The number of benzene rings is 2. The third kappa shape index (κ3) is 3.64. The molecule has 0 aliphatic rings. The van der Waals surface area contributed by atoms with Gasteiger partial charge in [0.15, 0.2) is 0 Å². The van der Waals surface area contributed by atoms with E-state index in [4.69, 9.17) is 23.2 Å². The van der Waals surface area contributed by atoms with Crippen LogP contribution in [0.2, 0.25) is 5.02 Å². The van der Waals surface area contributed by atoms with Crippen molar-refractivity contribution in [2.24, 2.45) is 0 Å². The first-order valence-corrected chi connectivity index (χ1v) is 7.30. The molecule has 2 aromatic carbocycles. The predicted octanol–water partition coefficient (Wildman–Crippen LogP) is 5.51. The molecule has 2 aromatic rings. The monoisotopic (exact) mass is 300 g/mol. The third-order valence-electron chi connectivity index (χ3n) is 2.47. The van der Waals surface area contributed by atoms with Crippen LogP contribution < -0.4 is 0 Å². The summed E-state index contributed by atoms with van der Waals surface area (Å²) in [5, 5.41) is 0.172. The fraction of sp³-hybridized carbons (Fsp3) is 0.143. The van der Waals surface area contributed by atoms with Crippen LogP contribution in [0, 0.1) is 5.82 Å². The molecule has 0 atom stereocenters. The first-order valence-electron chi connectivity index (χ1n) is 5.40. The molecule has 2 rings (SSSR count). The summed E-state index contributed by atoms with van der Waals surface area (Å²) in [7, 11) is 0. The zero-order valence-electron chi connectivity index (χ0n) is 9.50. The second kappa shape index (κ2) is 6.46. The maximum Gasteiger partial charge on any atom is 0.141 e. The first-order chi connectivity index (χ1) is 8.69. The van der Waals surface area contributed by atoms with Crippen molar-refractivity contribution in [3.05, 3.63) is 64.4 Å². The van der Waals surface area contributed by atoms with Crippen LogP contribution in [0.3, 0.4) is 0 Å². The van der Waals surface area contributed by atoms with Crippen LogP contribution in [0.25, 0.3) is 0 Å². The molecule has 0 bridgehead atoms. The van der Waals surface area contributed by atoms with Crippen LogP contribution in [-0.2, 0) is 11.6 Å². The summed E-state index contributed by atoms with van der Waals surface area (Å²) in [5.74, 6) is 0.913. The molecule has 0 unspecified atom stereocenters. The van der Waals surface area contributed by atoms with Crippen molar-refractivity contribution in [3.8, 4) is 0 Å². The largest absolute Gasteiger partial charge is 0.205 e. The van der Waals surface area contributed by atoms with Gasteiger partial charge >= 0.3 is 0 Å². The Kier molecular flexibility index (Phi) is 4.93. The van der Waals surface area contributed by atoms with Gasteiger partial charge in [0.05, 0.1) is 5.02 Å². The van der Waals surface area contributed by atoms with Crippen LogP contribution in [0.15, 0.2) is 47.4 Å². The van der Waals surface area contributed by atoms with Gasteiger partial charge in [0, 0.05) is 16.5 Å². The first kappa shape index (κ1) is 13.7. The minimum atomic E-state index is -0.378. The number of halogens is 3. The van der Waals surface area contributed by atoms with E-state index in [1.807, 2.05) is 24.3 Å². The lowest BCUT2D eigenvalue weighted by atomic mass is 10.2. The van der Waals surface area contributed by atoms with Crippen molar-refractivity contribution < 1.29 is 4.39 Å². The molecule has 0 radical (unpaired) electrons. The highest BCUT2D eigenvalue weighted by Crippen LogP contribution is 2.25. The maximum atomic E-state index is 13.0. The van der Waals surface area contributed by atoms with Crippen molar-refractivity contribution in [3.63, 3.8) is 0 Å². The Morgan fingerprint density at radius 2 is 1.67 bits per heavy atom. The lowest BCUT2D eigenvalue weighted by Gasteiger charge is -2.04. The molecule has 0 spiro atoms. The van der Waals surface area contributed by atoms with Gasteiger partial charge in [-0.1, -0.05) is 29.8 Å². The summed E-state index contributed by atoms with van der Waals surface area (Å²) < 4.78 is 13.0. The SMILES string of the molecule is Fc1ccc(CSc2ccc(CCl)cc2)cc1Cl. The molecular weight excluding hydrogens is 290 g/mol. The highest BCUT2D eigenvalue weighted by Gasteiger charge is 2.02. The number of rotatable bonds is 4. The molecule has 0 heterocycles. The third-order valence-corrected chi connectivity index (χ3v) is 4.15. The average molecular weight is 301 g/mol. The van der Waals surface area contributed by atoms with Crippen LogP contribution in [0.4, 0.5) is 4.39 Å². The van der Waals surface area contributed by atoms with E-state index < -0.39 is 0 Å². The second-order valence-electron chi connectivity index (χ2n) is 3.81. The summed E-state index contributed by atoms with van der Waals surface area (Å²) in [4.78, 5) is 1.16. The van der Waals surface area contributed by atoms with E-state index in [1.165, 1.54) is 6.07 Å². The van der Waals surface area contributed by atoms with Gasteiger partial charge in [-0.05, 0) is 35.4 Å². The molecule has 0 saturated carbocycles. The van der Waals surface area contributed by atoms with Gasteiger partial charge in [-0.2, -0.15) is 0 Å². The van der Waals surface area contributed by atoms with Gasteiger partial charge in [-0.15, -0.1) is 23.4 Å². The van der Waals surface area contributed by atoms with Crippen LogP contribution in [0.1, 0.15) is 11.1 Å². The molecule has 0 amide bonds. The lowest BCUT2D eigenvalue weighted by molar-refractivity contribution is 0.628. The quantitative estimate of drug-likeness (QED) is 0.530. The van der Waals surface area contributed by atoms with E-state index in [-0.39, 0.29) is 10.8 Å². The Hall–Kier alpha value is -0.700. The molecule has 4 heteroatoms. The number of alkyl halides is 1. The predicted molar refractivity (Wildman–Crippen MR) is 77.0 cm³/mol. The zero-order valence-corrected chi connectivity index (χ0v) is 11.8. The van der Waals surface area contributed by atoms with Crippen molar-refractivity contribution in [1.82, 2.24) is 0 Å². The Bertz CT molecular complexity index is 526. The minimum Gasteiger partial charge on any atom is -0.205 e. The van der Waals surface area contributed by atoms with Crippen molar-refractivity contribution in [2.75, 3.05) is 0 Å². The Morgan fingerprint density at radius 1 is 1.00 bits per heavy atom. The van der Waals surface area contributed by atoms with E-state index in [0.29, 0.717) is 5.88 Å². The van der Waals surface area contributed by atoms with Crippen molar-refractivity contribution in [2.45, 2.75) is 16.5 Å². The zero-order chi connectivity index (χ0) is 13.0. The molecule has 0 saturated heterocycles. The van der Waals surface area contributed by atoms with Crippen molar-refractivity contribution in [1.29, 1.82) is 0 Å². The number of hydrogen-bond acceptors (Lipinski definition) is 1. The Morgan fingerprint density at radius 3 is 2.28 bits per heavy atom. The highest BCUT2D eigenvalue weighted by molar-refractivity contribution is 7.98. The van der Waals surface area contributed by atoms with Gasteiger partial charge in [-0.25, -0.2) is 4.39 Å². The summed E-state index contributed by atoms with van der Waals surface area (Å²) in [6.07, 6.45) is 0. The van der Waals surface area contributed by atoms with Gasteiger partial charge in [-0.3, -0.25) is 0 Å². The van der Waals surface area contributed by atoms with E-state index in [9.17, 15) is 4.39 Å². The van der Waals surface area contributed by atoms with E-state index in [0.717, 1.165) is 21.8 Å². The smallest absolute Gasteiger partial charge is 0.141 e. The topological polar surface area (TPSA) is 0 Å². The fourth-order valence-electron chi connectivity index (χ4n) is 1.47. The van der Waals surface area contributed by atoms with Gasteiger partial charge < -0.3 is 0 Å². The van der Waals surface area contributed by atoms with Crippen molar-refractivity contribution >= 4 is 35.0 Å². The molecule has 0 fully saturated rings. The van der Waals surface area contributed by atoms with Crippen LogP contribution in [-0.4, -0.2) is 0 Å². The fourth-order valence-corrected chi connectivity index (χ4v) is 2.69. The van der Waals surface area contributed by atoms with Crippen LogP contribution >= 0.6 is 35.0 Å². The lowest BCUT2D eigenvalue weighted by Crippen LogP contribution is -1.84. The van der Waals surface area contributed by atoms with Gasteiger partial charge in [0.25, 0.3) is 0 Å². The van der Waals surface area contributed by atoms with Gasteiger partial charge in [0.1, 0.15) is 5.82 Å². The molecule has 94 valence electrons. The second-order valence-corrected chi connectivity index (χ2v) is 5.54. The molecule has 0 N–H and O–H groups in total. The minimum absolute atomic E-state index is 0.172. The molecule has 0 aliphatic heterocycles. The molecule has 18 heavy (non-hydrogen) atoms. The molecular formula is C14H11Cl2FS. The average Bonchev–Trinajstić information content (AvgIpc) is 2.41. The number of thioether (sulfide) groups is 1. The van der Waals surface area contributed by atoms with Crippen LogP contribution in [0.5, 0.6) is 0 Å². The van der Waals surface area contributed by atoms with E-state index >= 15 is 0 Å². The summed E-state index contributed by atoms with van der Waals surface area (Å²) in [6, 6.07) is 12.9. The molecule has 0 nitrogen and oxygen atoms in total. The van der Waals surface area contributed by atoms with Gasteiger partial charge in [0.2, 0.25) is 0 Å². The maximum absolute atomic E-state index is 13.0.